The molecule has 74 valence electrons. The highest BCUT2D eigenvalue weighted by Crippen LogP contribution is 2.06. The molecule has 0 aliphatic carbocycles. The number of nitrogens with one attached hydrogen (secondary N) is 1. The molecule has 5 nitrogen and oxygen atoms in total. The number of nitrogens with zero attached hydrogens (tertiary/aromatic N) is 2. The monoisotopic (exact) mass is 185 g/mol. The highest BCUT2D eigenvalue weighted by atomic mass is 16.5. The molecule has 0 radical (unpaired) electrons. The Hall–Kier alpha value is -1.10. The van der Waals surface area contributed by atoms with E-state index in [1.54, 1.807) is 14.0 Å². The number of ether oxygens (including phenoxy) is 1. The summed E-state index contributed by atoms with van der Waals surface area (Å²) < 4.78 is 9.94. The summed E-state index contributed by atoms with van der Waals surface area (Å²) in [7, 11) is 1.67. The van der Waals surface area contributed by atoms with E-state index in [1.807, 2.05) is 0 Å². The normalized spacial score (nSPS) is 12.8. The number of hydrogen-bond acceptors (Lipinski definition) is 5. The first-order valence-corrected chi connectivity index (χ1v) is 4.32. The Kier molecular flexibility index (Phi) is 3.70. The fraction of sp³-hybridized carbons (Fsp3) is 0.750. The Bertz CT molecular complexity index is 249. The molecule has 0 aliphatic rings. The largest absolute Gasteiger partial charge is 0.383 e. The molecular weight excluding hydrogens is 170 g/mol. The van der Waals surface area contributed by atoms with Crippen LogP contribution in [0.1, 0.15) is 19.2 Å². The van der Waals surface area contributed by atoms with Crippen molar-refractivity contribution in [3.05, 3.63) is 5.82 Å². The Morgan fingerprint density at radius 3 is 2.85 bits per heavy atom. The zero-order valence-electron chi connectivity index (χ0n) is 8.20. The van der Waals surface area contributed by atoms with Crippen LogP contribution in [-0.2, 0) is 4.74 Å². The van der Waals surface area contributed by atoms with Crippen LogP contribution in [-0.4, -0.2) is 29.9 Å². The average molecular weight is 185 g/mol. The Morgan fingerprint density at radius 2 is 2.38 bits per heavy atom. The van der Waals surface area contributed by atoms with Gasteiger partial charge in [-0.25, -0.2) is 0 Å². The van der Waals surface area contributed by atoms with Gasteiger partial charge >= 0.3 is 6.01 Å². The summed E-state index contributed by atoms with van der Waals surface area (Å²) in [6.07, 6.45) is 0.954. The van der Waals surface area contributed by atoms with Gasteiger partial charge in [0.2, 0.25) is 0 Å². The SMILES string of the molecule is CCC(COC)Nc1nc(C)no1. The molecule has 1 aromatic rings. The number of rotatable bonds is 5. The van der Waals surface area contributed by atoms with Crippen molar-refractivity contribution < 1.29 is 9.26 Å². The molecule has 0 saturated heterocycles. The predicted octanol–water partition coefficient (Wildman–Crippen LogP) is 1.21. The van der Waals surface area contributed by atoms with Gasteiger partial charge in [0, 0.05) is 7.11 Å². The van der Waals surface area contributed by atoms with E-state index in [2.05, 4.69) is 22.4 Å². The third-order valence-electron chi connectivity index (χ3n) is 1.72. The molecule has 1 rings (SSSR count). The van der Waals surface area contributed by atoms with Gasteiger partial charge in [-0.1, -0.05) is 12.1 Å². The van der Waals surface area contributed by atoms with Crippen molar-refractivity contribution in [2.24, 2.45) is 0 Å². The predicted molar refractivity (Wildman–Crippen MR) is 48.6 cm³/mol. The van der Waals surface area contributed by atoms with Crippen LogP contribution in [0.25, 0.3) is 0 Å². The molecule has 0 aromatic carbocycles. The summed E-state index contributed by atoms with van der Waals surface area (Å²) in [5.41, 5.74) is 0. The van der Waals surface area contributed by atoms with Gasteiger partial charge in [0.15, 0.2) is 5.82 Å². The van der Waals surface area contributed by atoms with Crippen molar-refractivity contribution in [3.8, 4) is 0 Å². The van der Waals surface area contributed by atoms with Gasteiger partial charge < -0.3 is 14.6 Å². The van der Waals surface area contributed by atoms with Gasteiger partial charge in [0.1, 0.15) is 0 Å². The van der Waals surface area contributed by atoms with Crippen molar-refractivity contribution in [2.45, 2.75) is 26.3 Å². The summed E-state index contributed by atoms with van der Waals surface area (Å²) >= 11 is 0. The third kappa shape index (κ3) is 3.02. The van der Waals surface area contributed by atoms with E-state index in [-0.39, 0.29) is 6.04 Å². The Labute approximate surface area is 77.5 Å². The van der Waals surface area contributed by atoms with Crippen LogP contribution in [0.2, 0.25) is 0 Å². The van der Waals surface area contributed by atoms with Crippen molar-refractivity contribution in [3.63, 3.8) is 0 Å². The molecule has 1 unspecified atom stereocenters. The second-order valence-corrected chi connectivity index (χ2v) is 2.85. The minimum Gasteiger partial charge on any atom is -0.383 e. The molecule has 1 heterocycles. The first-order chi connectivity index (χ1) is 6.26. The van der Waals surface area contributed by atoms with Gasteiger partial charge in [-0.3, -0.25) is 0 Å². The Morgan fingerprint density at radius 1 is 1.62 bits per heavy atom. The zero-order valence-corrected chi connectivity index (χ0v) is 8.20. The highest BCUT2D eigenvalue weighted by Gasteiger charge is 2.09. The third-order valence-corrected chi connectivity index (χ3v) is 1.72. The lowest BCUT2D eigenvalue weighted by atomic mass is 10.2. The molecule has 0 fully saturated rings. The van der Waals surface area contributed by atoms with E-state index in [4.69, 9.17) is 9.26 Å². The van der Waals surface area contributed by atoms with E-state index in [1.165, 1.54) is 0 Å². The summed E-state index contributed by atoms with van der Waals surface area (Å²) in [6, 6.07) is 0.686. The van der Waals surface area contributed by atoms with Gasteiger partial charge in [-0.05, 0) is 13.3 Å². The molecule has 1 aromatic heterocycles. The smallest absolute Gasteiger partial charge is 0.321 e. The minimum absolute atomic E-state index is 0.227. The van der Waals surface area contributed by atoms with Crippen LogP contribution in [0, 0.1) is 6.92 Å². The van der Waals surface area contributed by atoms with Crippen molar-refractivity contribution in [1.29, 1.82) is 0 Å². The number of anilines is 1. The maximum absolute atomic E-state index is 5.02. The number of aromatic nitrogens is 2. The average Bonchev–Trinajstić information content (AvgIpc) is 2.50. The molecule has 5 heteroatoms. The standard InChI is InChI=1S/C8H15N3O2/c1-4-7(5-12-3)10-8-9-6(2)11-13-8/h7H,4-5H2,1-3H3,(H,9,10,11). The molecule has 0 aliphatic heterocycles. The van der Waals surface area contributed by atoms with Crippen molar-refractivity contribution in [1.82, 2.24) is 10.1 Å². The Balaban J connectivity index is 2.46. The molecule has 13 heavy (non-hydrogen) atoms. The van der Waals surface area contributed by atoms with Crippen LogP contribution >= 0.6 is 0 Å². The van der Waals surface area contributed by atoms with Crippen LogP contribution in [0.3, 0.4) is 0 Å². The number of aryl methyl sites for hydroxylation is 1. The molecular formula is C8H15N3O2. The van der Waals surface area contributed by atoms with E-state index in [9.17, 15) is 0 Å². The maximum Gasteiger partial charge on any atom is 0.321 e. The highest BCUT2D eigenvalue weighted by molar-refractivity contribution is 5.19. The molecule has 0 saturated carbocycles. The van der Waals surface area contributed by atoms with Gasteiger partial charge in [0.05, 0.1) is 12.6 Å². The fourth-order valence-corrected chi connectivity index (χ4v) is 0.993. The first kappa shape index (κ1) is 9.98. The minimum atomic E-state index is 0.227. The second-order valence-electron chi connectivity index (χ2n) is 2.85. The lowest BCUT2D eigenvalue weighted by Crippen LogP contribution is -2.23. The van der Waals surface area contributed by atoms with Gasteiger partial charge in [-0.15, -0.1) is 0 Å². The summed E-state index contributed by atoms with van der Waals surface area (Å²) in [4.78, 5) is 4.04. The molecule has 0 bridgehead atoms. The van der Waals surface area contributed by atoms with E-state index >= 15 is 0 Å². The van der Waals surface area contributed by atoms with Crippen LogP contribution in [0.15, 0.2) is 4.52 Å². The summed E-state index contributed by atoms with van der Waals surface area (Å²) in [6.45, 7) is 4.49. The zero-order chi connectivity index (χ0) is 9.68. The number of hydrogen-bond donors (Lipinski definition) is 1. The second kappa shape index (κ2) is 4.81. The van der Waals surface area contributed by atoms with Crippen LogP contribution < -0.4 is 5.32 Å². The first-order valence-electron chi connectivity index (χ1n) is 4.32. The fourth-order valence-electron chi connectivity index (χ4n) is 0.993. The topological polar surface area (TPSA) is 60.2 Å². The van der Waals surface area contributed by atoms with Crippen LogP contribution in [0.5, 0.6) is 0 Å². The van der Waals surface area contributed by atoms with Gasteiger partial charge in [-0.2, -0.15) is 4.98 Å². The van der Waals surface area contributed by atoms with E-state index in [0.29, 0.717) is 18.4 Å². The lowest BCUT2D eigenvalue weighted by molar-refractivity contribution is 0.183. The molecule has 0 amide bonds. The van der Waals surface area contributed by atoms with E-state index in [0.717, 1.165) is 6.42 Å². The van der Waals surface area contributed by atoms with E-state index < -0.39 is 0 Å². The van der Waals surface area contributed by atoms with Crippen molar-refractivity contribution in [2.75, 3.05) is 19.0 Å². The number of methoxy groups -OCH3 is 1. The quantitative estimate of drug-likeness (QED) is 0.747. The summed E-state index contributed by atoms with van der Waals surface area (Å²) in [5.74, 6) is 0.634. The molecule has 1 atom stereocenters. The van der Waals surface area contributed by atoms with Crippen molar-refractivity contribution >= 4 is 6.01 Å². The lowest BCUT2D eigenvalue weighted by Gasteiger charge is -2.12. The maximum atomic E-state index is 5.02. The summed E-state index contributed by atoms with van der Waals surface area (Å²) in [5, 5.41) is 6.76. The van der Waals surface area contributed by atoms with Gasteiger partial charge in [0.25, 0.3) is 0 Å². The molecule has 0 spiro atoms. The van der Waals surface area contributed by atoms with Crippen LogP contribution in [0.4, 0.5) is 6.01 Å². The molecule has 1 N–H and O–H groups in total.